The molecule has 1 aliphatic rings. The predicted octanol–water partition coefficient (Wildman–Crippen LogP) is 2.04. The molecule has 1 unspecified atom stereocenters. The zero-order valence-corrected chi connectivity index (χ0v) is 17.0. The second kappa shape index (κ2) is 8.02. The third kappa shape index (κ3) is 5.02. The number of aryl methyl sites for hydroxylation is 1. The van der Waals surface area contributed by atoms with Crippen molar-refractivity contribution in [2.24, 2.45) is 12.0 Å². The number of piperidine rings is 1. The number of oxazole rings is 1. The molecule has 0 saturated carbocycles. The normalized spacial score (nSPS) is 18.6. The highest BCUT2D eigenvalue weighted by molar-refractivity contribution is 5.80. The van der Waals surface area contributed by atoms with E-state index in [-0.39, 0.29) is 5.41 Å². The van der Waals surface area contributed by atoms with Crippen LogP contribution in [0.2, 0.25) is 0 Å². The van der Waals surface area contributed by atoms with Gasteiger partial charge in [0.15, 0.2) is 5.96 Å². The molecular weight excluding hydrogens is 342 g/mol. The number of hydrogen-bond donors (Lipinski definition) is 2. The smallest absolute Gasteiger partial charge is 0.213 e. The van der Waals surface area contributed by atoms with Crippen molar-refractivity contribution >= 4 is 11.6 Å². The van der Waals surface area contributed by atoms with E-state index in [0.717, 1.165) is 37.7 Å². The maximum absolute atomic E-state index is 5.84. The third-order valence-electron chi connectivity index (χ3n) is 4.74. The Morgan fingerprint density at radius 1 is 1.37 bits per heavy atom. The van der Waals surface area contributed by atoms with Crippen LogP contribution >= 0.6 is 0 Å². The number of aliphatic imine (C=N–C) groups is 1. The molecule has 3 rings (SSSR count). The number of hydrogen-bond acceptors (Lipinski definition) is 5. The molecule has 1 saturated heterocycles. The monoisotopic (exact) mass is 373 g/mol. The molecule has 2 aromatic heterocycles. The maximum Gasteiger partial charge on any atom is 0.213 e. The van der Waals surface area contributed by atoms with Crippen molar-refractivity contribution in [2.75, 3.05) is 25.0 Å². The van der Waals surface area contributed by atoms with Gasteiger partial charge in [-0.3, -0.25) is 9.67 Å². The number of nitrogens with one attached hydrogen (secondary N) is 2. The molecular formula is C19H31N7O. The topological polar surface area (TPSA) is 83.5 Å². The van der Waals surface area contributed by atoms with Crippen LogP contribution in [-0.4, -0.2) is 46.9 Å². The van der Waals surface area contributed by atoms with Crippen molar-refractivity contribution in [3.63, 3.8) is 0 Å². The zero-order chi connectivity index (χ0) is 19.4. The molecule has 2 N–H and O–H groups in total. The second-order valence-corrected chi connectivity index (χ2v) is 8.10. The van der Waals surface area contributed by atoms with Gasteiger partial charge in [-0.1, -0.05) is 20.8 Å². The van der Waals surface area contributed by atoms with E-state index in [4.69, 9.17) is 4.42 Å². The lowest BCUT2D eigenvalue weighted by Gasteiger charge is -2.34. The largest absolute Gasteiger partial charge is 0.443 e. The number of aromatic nitrogens is 3. The van der Waals surface area contributed by atoms with Gasteiger partial charge in [-0.25, -0.2) is 4.98 Å². The summed E-state index contributed by atoms with van der Waals surface area (Å²) in [5.41, 5.74) is 1.13. The third-order valence-corrected chi connectivity index (χ3v) is 4.74. The van der Waals surface area contributed by atoms with Crippen LogP contribution in [-0.2, 0) is 19.0 Å². The summed E-state index contributed by atoms with van der Waals surface area (Å²) in [5.74, 6) is 2.33. The van der Waals surface area contributed by atoms with Crippen molar-refractivity contribution < 1.29 is 4.42 Å². The molecule has 0 aromatic carbocycles. The van der Waals surface area contributed by atoms with Crippen molar-refractivity contribution in [3.05, 3.63) is 30.2 Å². The molecule has 1 fully saturated rings. The Kier molecular flexibility index (Phi) is 5.72. The minimum absolute atomic E-state index is 0.0387. The second-order valence-electron chi connectivity index (χ2n) is 8.10. The van der Waals surface area contributed by atoms with Gasteiger partial charge in [0.1, 0.15) is 5.76 Å². The first kappa shape index (κ1) is 19.3. The van der Waals surface area contributed by atoms with E-state index in [1.165, 1.54) is 5.69 Å². The number of guanidine groups is 1. The summed E-state index contributed by atoms with van der Waals surface area (Å²) in [6.45, 7) is 8.84. The quantitative estimate of drug-likeness (QED) is 0.630. The highest BCUT2D eigenvalue weighted by atomic mass is 16.4. The minimum atomic E-state index is -0.0387. The molecule has 2 aromatic rings. The van der Waals surface area contributed by atoms with E-state index in [0.29, 0.717) is 18.5 Å². The Morgan fingerprint density at radius 3 is 2.81 bits per heavy atom. The van der Waals surface area contributed by atoms with Gasteiger partial charge in [0.05, 0.1) is 24.6 Å². The van der Waals surface area contributed by atoms with Gasteiger partial charge in [-0.05, 0) is 12.8 Å². The van der Waals surface area contributed by atoms with Crippen LogP contribution in [0, 0.1) is 0 Å². The molecule has 148 valence electrons. The average molecular weight is 374 g/mol. The molecule has 3 heterocycles. The Labute approximate surface area is 161 Å². The van der Waals surface area contributed by atoms with Crippen LogP contribution < -0.4 is 15.5 Å². The number of anilines is 1. The molecule has 0 bridgehead atoms. The number of rotatable bonds is 4. The van der Waals surface area contributed by atoms with Crippen LogP contribution in [0.4, 0.5) is 5.69 Å². The Bertz CT molecular complexity index is 771. The van der Waals surface area contributed by atoms with Gasteiger partial charge >= 0.3 is 0 Å². The van der Waals surface area contributed by atoms with Gasteiger partial charge < -0.3 is 20.0 Å². The first-order valence-corrected chi connectivity index (χ1v) is 9.51. The average Bonchev–Trinajstić information content (AvgIpc) is 3.27. The summed E-state index contributed by atoms with van der Waals surface area (Å²) < 4.78 is 7.68. The first-order chi connectivity index (χ1) is 12.8. The number of nitrogens with zero attached hydrogens (tertiary/aromatic N) is 5. The summed E-state index contributed by atoms with van der Waals surface area (Å²) in [6.07, 6.45) is 8.04. The lowest BCUT2D eigenvalue weighted by Crippen LogP contribution is -2.51. The minimum Gasteiger partial charge on any atom is -0.443 e. The highest BCUT2D eigenvalue weighted by Crippen LogP contribution is 2.22. The van der Waals surface area contributed by atoms with Crippen molar-refractivity contribution in [2.45, 2.75) is 51.6 Å². The van der Waals surface area contributed by atoms with Crippen LogP contribution in [0.15, 0.2) is 28.0 Å². The fourth-order valence-electron chi connectivity index (χ4n) is 3.19. The zero-order valence-electron chi connectivity index (χ0n) is 17.0. The SMILES string of the molecule is CN=C(NCc1ncc(C(C)(C)C)o1)NC1CCCN(c2cnn(C)c2)C1. The predicted molar refractivity (Wildman–Crippen MR) is 107 cm³/mol. The summed E-state index contributed by atoms with van der Waals surface area (Å²) in [7, 11) is 3.73. The maximum atomic E-state index is 5.84. The molecule has 0 amide bonds. The molecule has 27 heavy (non-hydrogen) atoms. The van der Waals surface area contributed by atoms with Crippen molar-refractivity contribution in [3.8, 4) is 0 Å². The van der Waals surface area contributed by atoms with Gasteiger partial charge in [0, 0.05) is 44.8 Å². The van der Waals surface area contributed by atoms with Crippen LogP contribution in [0.25, 0.3) is 0 Å². The van der Waals surface area contributed by atoms with E-state index in [9.17, 15) is 0 Å². The van der Waals surface area contributed by atoms with E-state index in [1.54, 1.807) is 13.2 Å². The lowest BCUT2D eigenvalue weighted by atomic mass is 9.94. The molecule has 0 radical (unpaired) electrons. The van der Waals surface area contributed by atoms with Crippen LogP contribution in [0.3, 0.4) is 0 Å². The molecule has 0 aliphatic carbocycles. The summed E-state index contributed by atoms with van der Waals surface area (Å²) >= 11 is 0. The van der Waals surface area contributed by atoms with E-state index >= 15 is 0 Å². The van der Waals surface area contributed by atoms with Gasteiger partial charge in [0.2, 0.25) is 5.89 Å². The van der Waals surface area contributed by atoms with E-state index < -0.39 is 0 Å². The lowest BCUT2D eigenvalue weighted by molar-refractivity contribution is 0.379. The van der Waals surface area contributed by atoms with Crippen LogP contribution in [0.5, 0.6) is 0 Å². The van der Waals surface area contributed by atoms with Crippen molar-refractivity contribution in [1.82, 2.24) is 25.4 Å². The Balaban J connectivity index is 1.53. The molecule has 1 aliphatic heterocycles. The molecule has 0 spiro atoms. The van der Waals surface area contributed by atoms with Crippen molar-refractivity contribution in [1.29, 1.82) is 0 Å². The summed E-state index contributed by atoms with van der Waals surface area (Å²) in [6, 6.07) is 0.333. The van der Waals surface area contributed by atoms with E-state index in [2.05, 4.69) is 57.6 Å². The summed E-state index contributed by atoms with van der Waals surface area (Å²) in [5, 5.41) is 11.1. The molecule has 1 atom stereocenters. The Morgan fingerprint density at radius 2 is 2.19 bits per heavy atom. The highest BCUT2D eigenvalue weighted by Gasteiger charge is 2.22. The fourth-order valence-corrected chi connectivity index (χ4v) is 3.19. The molecule has 8 heteroatoms. The van der Waals surface area contributed by atoms with E-state index in [1.807, 2.05) is 17.9 Å². The first-order valence-electron chi connectivity index (χ1n) is 9.51. The Hall–Kier alpha value is -2.51. The molecule has 8 nitrogen and oxygen atoms in total. The fraction of sp³-hybridized carbons (Fsp3) is 0.632. The van der Waals surface area contributed by atoms with Gasteiger partial charge in [-0.2, -0.15) is 5.10 Å². The summed E-state index contributed by atoms with van der Waals surface area (Å²) in [4.78, 5) is 11.1. The standard InChI is InChI=1S/C19H31N7O/c1-19(2,3)16-10-21-17(27-16)11-22-18(20-4)24-14-7-6-8-26(12-14)15-9-23-25(5)13-15/h9-10,13-14H,6-8,11-12H2,1-5H3,(H2,20,22,24). The van der Waals surface area contributed by atoms with Gasteiger partial charge in [-0.15, -0.1) is 0 Å². The van der Waals surface area contributed by atoms with Gasteiger partial charge in [0.25, 0.3) is 0 Å². The van der Waals surface area contributed by atoms with Crippen LogP contribution in [0.1, 0.15) is 45.3 Å².